The molecular weight excluding hydrogens is 420 g/mol. The number of likely N-dealkylation sites (tertiary alicyclic amines) is 1. The molecule has 0 amide bonds. The maximum atomic E-state index is 12.6. The van der Waals surface area contributed by atoms with Crippen LogP contribution in [0.1, 0.15) is 73.3 Å². The number of halogens is 1. The minimum atomic E-state index is -0.332. The van der Waals surface area contributed by atoms with Crippen LogP contribution in [-0.4, -0.2) is 40.7 Å². The van der Waals surface area contributed by atoms with E-state index >= 15 is 0 Å². The van der Waals surface area contributed by atoms with Gasteiger partial charge in [-0.1, -0.05) is 25.7 Å². The van der Waals surface area contributed by atoms with Gasteiger partial charge in [-0.25, -0.2) is 4.79 Å². The monoisotopic (exact) mass is 448 g/mol. The molecule has 4 rings (SSSR count). The van der Waals surface area contributed by atoms with Crippen LogP contribution in [0.2, 0.25) is 0 Å². The summed E-state index contributed by atoms with van der Waals surface area (Å²) in [7, 11) is 1.43. The average Bonchev–Trinajstić information content (AvgIpc) is 3.11. The molecule has 152 valence electrons. The van der Waals surface area contributed by atoms with E-state index in [-0.39, 0.29) is 11.7 Å². The Bertz CT molecular complexity index is 865. The highest BCUT2D eigenvalue weighted by molar-refractivity contribution is 9.10. The number of fused-ring (bicyclic) bond motifs is 1. The van der Waals surface area contributed by atoms with Gasteiger partial charge in [0.05, 0.1) is 22.7 Å². The normalized spacial score (nSPS) is 19.2. The fourth-order valence-corrected chi connectivity index (χ4v) is 5.33. The third-order valence-electron chi connectivity index (χ3n) is 6.35. The summed E-state index contributed by atoms with van der Waals surface area (Å²) < 4.78 is 8.05. The molecule has 1 N–H and O–H groups in total. The van der Waals surface area contributed by atoms with Gasteiger partial charge in [-0.2, -0.15) is 0 Å². The first-order valence-corrected chi connectivity index (χ1v) is 11.2. The molecule has 6 heteroatoms. The van der Waals surface area contributed by atoms with Crippen molar-refractivity contribution in [2.45, 2.75) is 64.0 Å². The zero-order valence-electron chi connectivity index (χ0n) is 16.5. The number of rotatable bonds is 4. The number of hydrogen-bond acceptors (Lipinski definition) is 4. The number of piperidine rings is 1. The second-order valence-corrected chi connectivity index (χ2v) is 9.00. The summed E-state index contributed by atoms with van der Waals surface area (Å²) in [4.78, 5) is 15.0. The van der Waals surface area contributed by atoms with Crippen LogP contribution in [-0.2, 0) is 11.3 Å². The number of phenolic OH excluding ortho intramolecular Hbond substituents is 1. The number of nitrogens with zero attached hydrogens (tertiary/aromatic N) is 2. The van der Waals surface area contributed by atoms with Crippen LogP contribution in [0.4, 0.5) is 0 Å². The smallest absolute Gasteiger partial charge is 0.340 e. The third kappa shape index (κ3) is 3.69. The molecule has 5 nitrogen and oxygen atoms in total. The molecule has 2 aliphatic rings. The van der Waals surface area contributed by atoms with E-state index in [1.165, 1.54) is 45.6 Å². The zero-order chi connectivity index (χ0) is 19.7. The van der Waals surface area contributed by atoms with Gasteiger partial charge in [0.1, 0.15) is 5.75 Å². The van der Waals surface area contributed by atoms with Crippen molar-refractivity contribution in [1.29, 1.82) is 0 Å². The SMILES string of the molecule is COC(=O)c1cn(C2CCCCC2)c2cc(Br)c(O)c(CN3CCCCC3)c12. The van der Waals surface area contributed by atoms with Crippen LogP contribution in [0.3, 0.4) is 0 Å². The first-order valence-electron chi connectivity index (χ1n) is 10.5. The van der Waals surface area contributed by atoms with Gasteiger partial charge >= 0.3 is 5.97 Å². The fourth-order valence-electron chi connectivity index (χ4n) is 4.88. The van der Waals surface area contributed by atoms with Gasteiger partial charge in [-0.05, 0) is 60.8 Å². The molecule has 1 aliphatic heterocycles. The first kappa shape index (κ1) is 19.8. The molecule has 0 bridgehead atoms. The largest absolute Gasteiger partial charge is 0.506 e. The van der Waals surface area contributed by atoms with E-state index in [1.807, 2.05) is 12.3 Å². The molecule has 0 radical (unpaired) electrons. The number of aromatic hydroxyl groups is 1. The Kier molecular flexibility index (Phi) is 5.97. The predicted octanol–water partition coefficient (Wildman–Crippen LogP) is 5.39. The van der Waals surface area contributed by atoms with Gasteiger partial charge in [-0.3, -0.25) is 4.90 Å². The Morgan fingerprint density at radius 3 is 2.54 bits per heavy atom. The summed E-state index contributed by atoms with van der Waals surface area (Å²) in [6, 6.07) is 2.36. The molecule has 0 spiro atoms. The summed E-state index contributed by atoms with van der Waals surface area (Å²) >= 11 is 3.56. The van der Waals surface area contributed by atoms with Gasteiger partial charge in [0.15, 0.2) is 0 Å². The van der Waals surface area contributed by atoms with Crippen LogP contribution in [0, 0.1) is 0 Å². The molecular formula is C22H29BrN2O3. The Labute approximate surface area is 174 Å². The highest BCUT2D eigenvalue weighted by atomic mass is 79.9. The van der Waals surface area contributed by atoms with Gasteiger partial charge in [0, 0.05) is 29.7 Å². The zero-order valence-corrected chi connectivity index (χ0v) is 18.1. The van der Waals surface area contributed by atoms with Crippen molar-refractivity contribution in [3.63, 3.8) is 0 Å². The van der Waals surface area contributed by atoms with E-state index in [4.69, 9.17) is 4.74 Å². The van der Waals surface area contributed by atoms with Crippen molar-refractivity contribution in [1.82, 2.24) is 9.47 Å². The highest BCUT2D eigenvalue weighted by Gasteiger charge is 2.27. The minimum Gasteiger partial charge on any atom is -0.506 e. The quantitative estimate of drug-likeness (QED) is 0.637. The van der Waals surface area contributed by atoms with Crippen molar-refractivity contribution in [3.8, 4) is 5.75 Å². The number of ether oxygens (including phenoxy) is 1. The summed E-state index contributed by atoms with van der Waals surface area (Å²) in [5.41, 5.74) is 2.42. The van der Waals surface area contributed by atoms with Crippen LogP contribution >= 0.6 is 15.9 Å². The summed E-state index contributed by atoms with van der Waals surface area (Å²) in [5, 5.41) is 11.7. The molecule has 28 heavy (non-hydrogen) atoms. The fraction of sp³-hybridized carbons (Fsp3) is 0.591. The van der Waals surface area contributed by atoms with Crippen molar-refractivity contribution in [2.24, 2.45) is 0 Å². The molecule has 0 unspecified atom stereocenters. The van der Waals surface area contributed by atoms with E-state index < -0.39 is 0 Å². The van der Waals surface area contributed by atoms with Crippen LogP contribution < -0.4 is 0 Å². The Morgan fingerprint density at radius 1 is 1.18 bits per heavy atom. The number of methoxy groups -OCH3 is 1. The topological polar surface area (TPSA) is 54.7 Å². The van der Waals surface area contributed by atoms with E-state index in [9.17, 15) is 9.90 Å². The van der Waals surface area contributed by atoms with Gasteiger partial charge in [0.2, 0.25) is 0 Å². The highest BCUT2D eigenvalue weighted by Crippen LogP contribution is 2.41. The Hall–Kier alpha value is -1.53. The number of benzene rings is 1. The molecule has 2 heterocycles. The number of carbonyl (C=O) groups excluding carboxylic acids is 1. The number of phenols is 1. The average molecular weight is 449 g/mol. The van der Waals surface area contributed by atoms with Crippen molar-refractivity contribution in [3.05, 3.63) is 27.9 Å². The summed E-state index contributed by atoms with van der Waals surface area (Å²) in [6.45, 7) is 2.72. The van der Waals surface area contributed by atoms with E-state index in [1.54, 1.807) is 0 Å². The van der Waals surface area contributed by atoms with Crippen molar-refractivity contribution < 1.29 is 14.6 Å². The number of hydrogen-bond donors (Lipinski definition) is 1. The molecule has 1 aliphatic carbocycles. The molecule has 1 saturated heterocycles. The Morgan fingerprint density at radius 2 is 1.86 bits per heavy atom. The molecule has 1 aromatic heterocycles. The van der Waals surface area contributed by atoms with Gasteiger partial charge in [-0.15, -0.1) is 0 Å². The standard InChI is InChI=1S/C22H29BrN2O3/c1-28-22(27)17-14-25(15-8-4-2-5-9-15)19-12-18(23)21(26)16(20(17)19)13-24-10-6-3-7-11-24/h12,14-15,26H,2-11,13H2,1H3. The lowest BCUT2D eigenvalue weighted by Gasteiger charge is -2.27. The summed E-state index contributed by atoms with van der Waals surface area (Å²) in [6.07, 6.45) is 11.6. The van der Waals surface area contributed by atoms with Crippen molar-refractivity contribution in [2.75, 3.05) is 20.2 Å². The van der Waals surface area contributed by atoms with E-state index in [0.29, 0.717) is 22.6 Å². The van der Waals surface area contributed by atoms with Crippen LogP contribution in [0.5, 0.6) is 5.75 Å². The lowest BCUT2D eigenvalue weighted by atomic mass is 9.95. The summed E-state index contributed by atoms with van der Waals surface area (Å²) in [5.74, 6) is -0.0919. The van der Waals surface area contributed by atoms with Gasteiger partial charge in [0.25, 0.3) is 0 Å². The minimum absolute atomic E-state index is 0.240. The molecule has 0 atom stereocenters. The lowest BCUT2D eigenvalue weighted by Crippen LogP contribution is -2.29. The van der Waals surface area contributed by atoms with Crippen molar-refractivity contribution >= 4 is 32.8 Å². The van der Waals surface area contributed by atoms with Crippen LogP contribution in [0.15, 0.2) is 16.7 Å². The van der Waals surface area contributed by atoms with E-state index in [0.717, 1.165) is 42.4 Å². The van der Waals surface area contributed by atoms with Gasteiger partial charge < -0.3 is 14.4 Å². The third-order valence-corrected chi connectivity index (χ3v) is 6.96. The molecule has 2 aromatic rings. The second kappa shape index (κ2) is 8.46. The Balaban J connectivity index is 1.87. The molecule has 2 fully saturated rings. The first-order chi connectivity index (χ1) is 13.6. The molecule has 1 saturated carbocycles. The lowest BCUT2D eigenvalue weighted by molar-refractivity contribution is 0.0602. The number of aromatic nitrogens is 1. The van der Waals surface area contributed by atoms with E-state index in [2.05, 4.69) is 25.4 Å². The maximum Gasteiger partial charge on any atom is 0.340 e. The second-order valence-electron chi connectivity index (χ2n) is 8.15. The van der Waals surface area contributed by atoms with Crippen LogP contribution in [0.25, 0.3) is 10.9 Å². The molecule has 1 aromatic carbocycles. The predicted molar refractivity (Wildman–Crippen MR) is 114 cm³/mol. The number of carbonyl (C=O) groups is 1. The maximum absolute atomic E-state index is 12.6. The number of esters is 1.